The summed E-state index contributed by atoms with van der Waals surface area (Å²) >= 11 is 11.7. The predicted molar refractivity (Wildman–Crippen MR) is 91.2 cm³/mol. The molecule has 0 N–H and O–H groups in total. The number of halogens is 2. The monoisotopic (exact) mass is 366 g/mol. The Kier molecular flexibility index (Phi) is 5.48. The van der Waals surface area contributed by atoms with Gasteiger partial charge >= 0.3 is 6.09 Å². The third-order valence-electron chi connectivity index (χ3n) is 3.88. The highest BCUT2D eigenvalue weighted by molar-refractivity contribution is 6.31. The third kappa shape index (κ3) is 4.13. The van der Waals surface area contributed by atoms with Crippen LogP contribution in [0.3, 0.4) is 0 Å². The Labute approximate surface area is 149 Å². The molecule has 1 aliphatic rings. The van der Waals surface area contributed by atoms with E-state index in [1.54, 1.807) is 0 Å². The average molecular weight is 367 g/mol. The molecule has 0 unspecified atom stereocenters. The van der Waals surface area contributed by atoms with Crippen molar-refractivity contribution >= 4 is 35.2 Å². The van der Waals surface area contributed by atoms with Crippen molar-refractivity contribution < 1.29 is 9.53 Å². The fourth-order valence-electron chi connectivity index (χ4n) is 2.77. The van der Waals surface area contributed by atoms with Crippen molar-refractivity contribution in [3.8, 4) is 0 Å². The van der Waals surface area contributed by atoms with Crippen LogP contribution in [0.4, 0.5) is 10.7 Å². The van der Waals surface area contributed by atoms with E-state index >= 15 is 0 Å². The molecule has 2 aromatic rings. The minimum absolute atomic E-state index is 0.0252. The normalized spacial score (nSPS) is 14.6. The van der Waals surface area contributed by atoms with E-state index < -0.39 is 6.09 Å². The summed E-state index contributed by atoms with van der Waals surface area (Å²) in [6.07, 6.45) is 3.30. The molecule has 1 aromatic heterocycles. The van der Waals surface area contributed by atoms with E-state index in [4.69, 9.17) is 27.9 Å². The standard InChI is InChI=1S/C16H16Cl2N4O2/c17-13-19-14(18)21-15(20-13)22(12-8-4-5-9-12)16(23)24-10-11-6-2-1-3-7-11/h1-3,6-7,12H,4-5,8-10H2. The van der Waals surface area contributed by atoms with Gasteiger partial charge in [0.05, 0.1) is 0 Å². The second kappa shape index (κ2) is 7.77. The number of rotatable bonds is 4. The highest BCUT2D eigenvalue weighted by atomic mass is 35.5. The maximum Gasteiger partial charge on any atom is 0.417 e. The molecule has 1 amide bonds. The minimum Gasteiger partial charge on any atom is -0.444 e. The Hall–Kier alpha value is -1.92. The number of anilines is 1. The van der Waals surface area contributed by atoms with Crippen LogP contribution in [0, 0.1) is 0 Å². The van der Waals surface area contributed by atoms with Crippen LogP contribution in [0.2, 0.25) is 10.6 Å². The molecular formula is C16H16Cl2N4O2. The molecular weight excluding hydrogens is 351 g/mol. The summed E-state index contributed by atoms with van der Waals surface area (Å²) in [5.41, 5.74) is 0.906. The lowest BCUT2D eigenvalue weighted by Gasteiger charge is -2.26. The molecule has 0 spiro atoms. The van der Waals surface area contributed by atoms with Crippen molar-refractivity contribution in [3.05, 3.63) is 46.5 Å². The number of aromatic nitrogens is 3. The van der Waals surface area contributed by atoms with Crippen LogP contribution in [-0.4, -0.2) is 27.1 Å². The summed E-state index contributed by atoms with van der Waals surface area (Å²) in [6, 6.07) is 9.45. The summed E-state index contributed by atoms with van der Waals surface area (Å²) in [4.78, 5) is 25.9. The smallest absolute Gasteiger partial charge is 0.417 e. The number of hydrogen-bond acceptors (Lipinski definition) is 5. The second-order valence-corrected chi connectivity index (χ2v) is 6.20. The zero-order valence-electron chi connectivity index (χ0n) is 12.9. The average Bonchev–Trinajstić information content (AvgIpc) is 3.07. The predicted octanol–water partition coefficient (Wildman–Crippen LogP) is 4.26. The fourth-order valence-corrected chi connectivity index (χ4v) is 3.12. The summed E-state index contributed by atoms with van der Waals surface area (Å²) in [5, 5.41) is -0.104. The molecule has 126 valence electrons. The molecule has 1 aromatic carbocycles. The molecule has 0 atom stereocenters. The van der Waals surface area contributed by atoms with Gasteiger partial charge in [-0.3, -0.25) is 0 Å². The molecule has 1 saturated carbocycles. The number of benzene rings is 1. The molecule has 1 fully saturated rings. The first-order valence-electron chi connectivity index (χ1n) is 7.70. The maximum absolute atomic E-state index is 12.6. The van der Waals surface area contributed by atoms with Crippen LogP contribution in [0.15, 0.2) is 30.3 Å². The van der Waals surface area contributed by atoms with E-state index in [2.05, 4.69) is 15.0 Å². The zero-order valence-corrected chi connectivity index (χ0v) is 14.4. The van der Waals surface area contributed by atoms with Crippen LogP contribution in [-0.2, 0) is 11.3 Å². The Morgan fingerprint density at radius 1 is 1.08 bits per heavy atom. The Morgan fingerprint density at radius 2 is 1.71 bits per heavy atom. The fraction of sp³-hybridized carbons (Fsp3) is 0.375. The van der Waals surface area contributed by atoms with Crippen LogP contribution < -0.4 is 4.90 Å². The summed E-state index contributed by atoms with van der Waals surface area (Å²) in [5.74, 6) is 0.130. The van der Waals surface area contributed by atoms with Crippen molar-refractivity contribution in [3.63, 3.8) is 0 Å². The van der Waals surface area contributed by atoms with E-state index in [9.17, 15) is 4.79 Å². The SMILES string of the molecule is O=C(OCc1ccccc1)N(c1nc(Cl)nc(Cl)n1)C1CCCC1. The van der Waals surface area contributed by atoms with Gasteiger partial charge in [-0.2, -0.15) is 15.0 Å². The first-order valence-corrected chi connectivity index (χ1v) is 8.46. The van der Waals surface area contributed by atoms with Gasteiger partial charge in [-0.25, -0.2) is 9.69 Å². The van der Waals surface area contributed by atoms with Gasteiger partial charge in [-0.15, -0.1) is 0 Å². The first kappa shape index (κ1) is 16.9. The van der Waals surface area contributed by atoms with Crippen LogP contribution in [0.1, 0.15) is 31.2 Å². The van der Waals surface area contributed by atoms with Gasteiger partial charge in [0.15, 0.2) is 0 Å². The number of carbonyl (C=O) groups excluding carboxylic acids is 1. The van der Waals surface area contributed by atoms with Gasteiger partial charge in [0, 0.05) is 6.04 Å². The van der Waals surface area contributed by atoms with Gasteiger partial charge in [0.1, 0.15) is 6.61 Å². The molecule has 24 heavy (non-hydrogen) atoms. The van der Waals surface area contributed by atoms with E-state index in [1.165, 1.54) is 4.90 Å². The lowest BCUT2D eigenvalue weighted by Crippen LogP contribution is -2.40. The number of amides is 1. The molecule has 0 bridgehead atoms. The number of nitrogens with zero attached hydrogens (tertiary/aromatic N) is 4. The van der Waals surface area contributed by atoms with Crippen molar-refractivity contribution in [1.82, 2.24) is 15.0 Å². The van der Waals surface area contributed by atoms with E-state index in [1.807, 2.05) is 30.3 Å². The lowest BCUT2D eigenvalue weighted by molar-refractivity contribution is 0.144. The van der Waals surface area contributed by atoms with Gasteiger partial charge < -0.3 is 4.74 Å². The summed E-state index contributed by atoms with van der Waals surface area (Å²) in [6.45, 7) is 0.176. The van der Waals surface area contributed by atoms with Crippen molar-refractivity contribution in [2.24, 2.45) is 0 Å². The zero-order chi connectivity index (χ0) is 16.9. The number of ether oxygens (including phenoxy) is 1. The first-order chi connectivity index (χ1) is 11.6. The maximum atomic E-state index is 12.6. The summed E-state index contributed by atoms with van der Waals surface area (Å²) < 4.78 is 5.44. The molecule has 1 aliphatic carbocycles. The van der Waals surface area contributed by atoms with E-state index in [0.29, 0.717) is 0 Å². The highest BCUT2D eigenvalue weighted by Crippen LogP contribution is 2.28. The largest absolute Gasteiger partial charge is 0.444 e. The van der Waals surface area contributed by atoms with Crippen molar-refractivity contribution in [2.75, 3.05) is 4.90 Å². The van der Waals surface area contributed by atoms with Gasteiger partial charge in [0.2, 0.25) is 16.5 Å². The van der Waals surface area contributed by atoms with E-state index in [-0.39, 0.29) is 29.2 Å². The van der Waals surface area contributed by atoms with E-state index in [0.717, 1.165) is 31.2 Å². The van der Waals surface area contributed by atoms with Crippen molar-refractivity contribution in [2.45, 2.75) is 38.3 Å². The summed E-state index contributed by atoms with van der Waals surface area (Å²) in [7, 11) is 0. The van der Waals surface area contributed by atoms with Gasteiger partial charge in [-0.1, -0.05) is 43.2 Å². The third-order valence-corrected chi connectivity index (χ3v) is 4.21. The molecule has 3 rings (SSSR count). The number of hydrogen-bond donors (Lipinski definition) is 0. The second-order valence-electron chi connectivity index (χ2n) is 5.52. The molecule has 0 saturated heterocycles. The Balaban J connectivity index is 1.80. The lowest BCUT2D eigenvalue weighted by atomic mass is 10.2. The van der Waals surface area contributed by atoms with Gasteiger partial charge in [-0.05, 0) is 41.6 Å². The molecule has 8 heteroatoms. The highest BCUT2D eigenvalue weighted by Gasteiger charge is 2.32. The molecule has 6 nitrogen and oxygen atoms in total. The molecule has 1 heterocycles. The van der Waals surface area contributed by atoms with Crippen LogP contribution in [0.5, 0.6) is 0 Å². The Morgan fingerprint density at radius 3 is 2.33 bits per heavy atom. The minimum atomic E-state index is -0.510. The molecule has 0 radical (unpaired) electrons. The topological polar surface area (TPSA) is 68.2 Å². The van der Waals surface area contributed by atoms with Crippen molar-refractivity contribution in [1.29, 1.82) is 0 Å². The molecule has 0 aliphatic heterocycles. The van der Waals surface area contributed by atoms with Crippen LogP contribution in [0.25, 0.3) is 0 Å². The quantitative estimate of drug-likeness (QED) is 0.808. The Bertz CT molecular complexity index is 688. The van der Waals surface area contributed by atoms with Crippen LogP contribution >= 0.6 is 23.2 Å². The number of carbonyl (C=O) groups is 1. The van der Waals surface area contributed by atoms with Gasteiger partial charge in [0.25, 0.3) is 0 Å².